The second kappa shape index (κ2) is 9.85. The Labute approximate surface area is 154 Å². The smallest absolute Gasteiger partial charge is 0.255 e. The van der Waals surface area contributed by atoms with Crippen LogP contribution in [0.2, 0.25) is 5.02 Å². The topological polar surface area (TPSA) is 76.8 Å². The van der Waals surface area contributed by atoms with Gasteiger partial charge < -0.3 is 25.4 Å². The van der Waals surface area contributed by atoms with Gasteiger partial charge in [-0.2, -0.15) is 0 Å². The summed E-state index contributed by atoms with van der Waals surface area (Å²) in [6.07, 6.45) is 2.64. The van der Waals surface area contributed by atoms with Crippen LogP contribution >= 0.6 is 11.6 Å². The summed E-state index contributed by atoms with van der Waals surface area (Å²) in [5.74, 6) is 0.870. The van der Waals surface area contributed by atoms with Gasteiger partial charge in [0.15, 0.2) is 18.1 Å². The first kappa shape index (κ1) is 19.8. The Bertz CT molecular complexity index is 577. The number of nitrogens with zero attached hydrogens (tertiary/aromatic N) is 1. The Hall–Kier alpha value is -1.50. The first-order valence-corrected chi connectivity index (χ1v) is 9.08. The number of rotatable bonds is 10. The molecule has 1 heterocycles. The van der Waals surface area contributed by atoms with E-state index < -0.39 is 5.91 Å². The van der Waals surface area contributed by atoms with Gasteiger partial charge in [-0.25, -0.2) is 0 Å². The Balaban J connectivity index is 1.86. The molecule has 6 nitrogen and oxygen atoms in total. The minimum atomic E-state index is -0.559. The van der Waals surface area contributed by atoms with E-state index in [0.29, 0.717) is 29.0 Å². The maximum Gasteiger partial charge on any atom is 0.255 e. The molecule has 1 amide bonds. The summed E-state index contributed by atoms with van der Waals surface area (Å²) in [5, 5.41) is 3.87. The Morgan fingerprint density at radius 2 is 2.12 bits per heavy atom. The van der Waals surface area contributed by atoms with Gasteiger partial charge in [-0.1, -0.05) is 18.5 Å². The van der Waals surface area contributed by atoms with Crippen molar-refractivity contribution in [2.75, 3.05) is 39.9 Å². The van der Waals surface area contributed by atoms with Crippen LogP contribution in [0, 0.1) is 5.92 Å². The number of likely N-dealkylation sites (tertiary alicyclic amines) is 1. The van der Waals surface area contributed by atoms with E-state index in [1.54, 1.807) is 0 Å². The van der Waals surface area contributed by atoms with Crippen LogP contribution < -0.4 is 20.5 Å². The lowest BCUT2D eigenvalue weighted by molar-refractivity contribution is -0.119. The van der Waals surface area contributed by atoms with Crippen LogP contribution in [-0.4, -0.2) is 50.7 Å². The van der Waals surface area contributed by atoms with Gasteiger partial charge in [-0.05, 0) is 56.1 Å². The molecule has 0 bridgehead atoms. The van der Waals surface area contributed by atoms with E-state index in [-0.39, 0.29) is 6.61 Å². The molecule has 1 aromatic rings. The number of hydrogen-bond acceptors (Lipinski definition) is 5. The number of carbonyl (C=O) groups is 1. The van der Waals surface area contributed by atoms with E-state index in [4.69, 9.17) is 26.8 Å². The van der Waals surface area contributed by atoms with Gasteiger partial charge in [0.2, 0.25) is 0 Å². The number of amides is 1. The van der Waals surface area contributed by atoms with E-state index in [0.717, 1.165) is 18.7 Å². The summed E-state index contributed by atoms with van der Waals surface area (Å²) in [5.41, 5.74) is 6.10. The molecule has 3 N–H and O–H groups in total. The molecule has 2 rings (SSSR count). The zero-order valence-electron chi connectivity index (χ0n) is 15.0. The van der Waals surface area contributed by atoms with Crippen LogP contribution in [0.15, 0.2) is 12.1 Å². The molecule has 7 heteroatoms. The molecule has 1 atom stereocenters. The van der Waals surface area contributed by atoms with Gasteiger partial charge in [0.05, 0.1) is 12.1 Å². The maximum atomic E-state index is 10.9. The van der Waals surface area contributed by atoms with Gasteiger partial charge in [0, 0.05) is 13.1 Å². The van der Waals surface area contributed by atoms with Crippen molar-refractivity contribution in [2.24, 2.45) is 11.7 Å². The fourth-order valence-electron chi connectivity index (χ4n) is 3.09. The number of primary amides is 1. The lowest BCUT2D eigenvalue weighted by Gasteiger charge is -2.20. The van der Waals surface area contributed by atoms with E-state index in [9.17, 15) is 4.79 Å². The zero-order valence-corrected chi connectivity index (χ0v) is 15.8. The van der Waals surface area contributed by atoms with Gasteiger partial charge >= 0.3 is 0 Å². The molecule has 1 aliphatic rings. The molecule has 0 radical (unpaired) electrons. The largest absolute Gasteiger partial charge is 0.493 e. The molecule has 1 aliphatic heterocycles. The number of nitrogens with one attached hydrogen (secondary N) is 1. The molecular formula is C18H28ClN3O3. The Morgan fingerprint density at radius 3 is 2.76 bits per heavy atom. The van der Waals surface area contributed by atoms with Crippen LogP contribution in [0.4, 0.5) is 0 Å². The third-order valence-electron chi connectivity index (χ3n) is 4.24. The number of ether oxygens (including phenoxy) is 2. The lowest BCUT2D eigenvalue weighted by atomic mass is 10.1. The second-order valence-electron chi connectivity index (χ2n) is 6.61. The standard InChI is InChI=1S/C18H28ClN3O3/c1-13(11-22-5-3-4-6-22)9-21-10-14-7-15(19)18(16(8-14)24-2)25-12-17(20)23/h7-8,13,21H,3-6,9-12H2,1-2H3,(H2,20,23). The zero-order chi connectivity index (χ0) is 18.2. The highest BCUT2D eigenvalue weighted by Gasteiger charge is 2.15. The van der Waals surface area contributed by atoms with Crippen molar-refractivity contribution >= 4 is 17.5 Å². The van der Waals surface area contributed by atoms with Crippen LogP contribution in [-0.2, 0) is 11.3 Å². The third kappa shape index (κ3) is 6.38. The minimum Gasteiger partial charge on any atom is -0.493 e. The number of methoxy groups -OCH3 is 1. The molecule has 0 aliphatic carbocycles. The number of benzene rings is 1. The summed E-state index contributed by atoms with van der Waals surface area (Å²) >= 11 is 6.26. The van der Waals surface area contributed by atoms with Crippen LogP contribution in [0.5, 0.6) is 11.5 Å². The highest BCUT2D eigenvalue weighted by atomic mass is 35.5. The van der Waals surface area contributed by atoms with Gasteiger partial charge in [0.1, 0.15) is 0 Å². The molecule has 1 unspecified atom stereocenters. The third-order valence-corrected chi connectivity index (χ3v) is 4.52. The van der Waals surface area contributed by atoms with Crippen molar-refractivity contribution in [2.45, 2.75) is 26.3 Å². The van der Waals surface area contributed by atoms with Crippen molar-refractivity contribution in [3.05, 3.63) is 22.7 Å². The molecule has 0 spiro atoms. The first-order valence-electron chi connectivity index (χ1n) is 8.70. The fraction of sp³-hybridized carbons (Fsp3) is 0.611. The molecule has 0 aromatic heterocycles. The average Bonchev–Trinajstić information content (AvgIpc) is 3.06. The van der Waals surface area contributed by atoms with E-state index in [1.165, 1.54) is 33.0 Å². The Morgan fingerprint density at radius 1 is 1.40 bits per heavy atom. The second-order valence-corrected chi connectivity index (χ2v) is 7.02. The first-order chi connectivity index (χ1) is 12.0. The summed E-state index contributed by atoms with van der Waals surface area (Å²) in [4.78, 5) is 13.4. The van der Waals surface area contributed by atoms with Crippen LogP contribution in [0.25, 0.3) is 0 Å². The number of hydrogen-bond donors (Lipinski definition) is 2. The van der Waals surface area contributed by atoms with E-state index in [2.05, 4.69) is 17.1 Å². The summed E-state index contributed by atoms with van der Waals surface area (Å²) in [6, 6.07) is 3.68. The van der Waals surface area contributed by atoms with E-state index >= 15 is 0 Å². The molecule has 1 fully saturated rings. The van der Waals surface area contributed by atoms with Gasteiger partial charge in [-0.15, -0.1) is 0 Å². The minimum absolute atomic E-state index is 0.234. The normalized spacial score (nSPS) is 16.0. The molecule has 1 saturated heterocycles. The number of halogens is 1. The monoisotopic (exact) mass is 369 g/mol. The van der Waals surface area contributed by atoms with Crippen molar-refractivity contribution in [1.29, 1.82) is 0 Å². The predicted octanol–water partition coefficient (Wildman–Crippen LogP) is 2.03. The van der Waals surface area contributed by atoms with E-state index in [1.807, 2.05) is 12.1 Å². The fourth-order valence-corrected chi connectivity index (χ4v) is 3.38. The van der Waals surface area contributed by atoms with Crippen LogP contribution in [0.3, 0.4) is 0 Å². The lowest BCUT2D eigenvalue weighted by Crippen LogP contribution is -2.31. The van der Waals surface area contributed by atoms with Crippen molar-refractivity contribution in [3.8, 4) is 11.5 Å². The summed E-state index contributed by atoms with van der Waals surface area (Å²) in [7, 11) is 1.54. The summed E-state index contributed by atoms with van der Waals surface area (Å²) in [6.45, 7) is 7.25. The quantitative estimate of drug-likeness (QED) is 0.660. The SMILES string of the molecule is COc1cc(CNCC(C)CN2CCCC2)cc(Cl)c1OCC(N)=O. The van der Waals surface area contributed by atoms with Crippen molar-refractivity contribution in [1.82, 2.24) is 10.2 Å². The highest BCUT2D eigenvalue weighted by Crippen LogP contribution is 2.36. The van der Waals surface area contributed by atoms with Crippen LogP contribution in [0.1, 0.15) is 25.3 Å². The molecule has 25 heavy (non-hydrogen) atoms. The average molecular weight is 370 g/mol. The number of nitrogens with two attached hydrogens (primary N) is 1. The predicted molar refractivity (Wildman–Crippen MR) is 99.2 cm³/mol. The van der Waals surface area contributed by atoms with Gasteiger partial charge in [0.25, 0.3) is 5.91 Å². The molecule has 0 saturated carbocycles. The molecule has 140 valence electrons. The number of carbonyl (C=O) groups excluding carboxylic acids is 1. The summed E-state index contributed by atoms with van der Waals surface area (Å²) < 4.78 is 10.7. The highest BCUT2D eigenvalue weighted by molar-refractivity contribution is 6.32. The molecule has 1 aromatic carbocycles. The van der Waals surface area contributed by atoms with Crippen molar-refractivity contribution < 1.29 is 14.3 Å². The van der Waals surface area contributed by atoms with Crippen molar-refractivity contribution in [3.63, 3.8) is 0 Å². The maximum absolute atomic E-state index is 10.9. The van der Waals surface area contributed by atoms with Gasteiger partial charge in [-0.3, -0.25) is 4.79 Å². The molecular weight excluding hydrogens is 342 g/mol. The Kier molecular flexibility index (Phi) is 7.81.